The topological polar surface area (TPSA) is 46.2 Å². The number of halogens is 2. The molecule has 0 bridgehead atoms. The van der Waals surface area contributed by atoms with Gasteiger partial charge in [0.2, 0.25) is 0 Å². The maximum absolute atomic E-state index is 12.6. The quantitative estimate of drug-likeness (QED) is 0.831. The van der Waals surface area contributed by atoms with Crippen LogP contribution in [0.25, 0.3) is 0 Å². The number of hydrogen-bond donors (Lipinski definition) is 1. The van der Waals surface area contributed by atoms with Gasteiger partial charge in [-0.1, -0.05) is 62.2 Å². The lowest BCUT2D eigenvalue weighted by Gasteiger charge is -2.23. The van der Waals surface area contributed by atoms with Gasteiger partial charge in [-0.3, -0.25) is 4.72 Å². The Labute approximate surface area is 141 Å². The smallest absolute Gasteiger partial charge is 0.263 e. The second kappa shape index (κ2) is 6.11. The average Bonchev–Trinajstić information content (AvgIpc) is 2.40. The first-order valence-electron chi connectivity index (χ1n) is 6.68. The van der Waals surface area contributed by atoms with E-state index < -0.39 is 10.0 Å². The maximum Gasteiger partial charge on any atom is 0.263 e. The zero-order valence-corrected chi connectivity index (χ0v) is 14.9. The first-order valence-corrected chi connectivity index (χ1v) is 8.92. The highest BCUT2D eigenvalue weighted by Crippen LogP contribution is 2.32. The van der Waals surface area contributed by atoms with E-state index in [2.05, 4.69) is 4.72 Å². The van der Waals surface area contributed by atoms with Crippen molar-refractivity contribution < 1.29 is 8.42 Å². The Bertz CT molecular complexity index is 796. The van der Waals surface area contributed by atoms with Crippen molar-refractivity contribution in [2.24, 2.45) is 0 Å². The van der Waals surface area contributed by atoms with Crippen molar-refractivity contribution in [3.8, 4) is 0 Å². The van der Waals surface area contributed by atoms with Gasteiger partial charge in [0, 0.05) is 5.02 Å². The summed E-state index contributed by atoms with van der Waals surface area (Å²) in [6.45, 7) is 6.06. The Kier molecular flexibility index (Phi) is 4.76. The third-order valence-electron chi connectivity index (χ3n) is 3.16. The Balaban J connectivity index is 2.49. The van der Waals surface area contributed by atoms with Gasteiger partial charge in [-0.15, -0.1) is 0 Å². The average molecular weight is 358 g/mol. The second-order valence-electron chi connectivity index (χ2n) is 5.98. The van der Waals surface area contributed by atoms with Gasteiger partial charge in [-0.2, -0.15) is 0 Å². The summed E-state index contributed by atoms with van der Waals surface area (Å²) >= 11 is 11.9. The van der Waals surface area contributed by atoms with Crippen LogP contribution in [-0.4, -0.2) is 8.42 Å². The lowest BCUT2D eigenvalue weighted by molar-refractivity contribution is 0.590. The van der Waals surface area contributed by atoms with Crippen molar-refractivity contribution in [2.45, 2.75) is 31.1 Å². The third-order valence-corrected chi connectivity index (χ3v) is 5.24. The fourth-order valence-electron chi connectivity index (χ4n) is 2.11. The van der Waals surface area contributed by atoms with Gasteiger partial charge in [0.05, 0.1) is 10.7 Å². The molecule has 118 valence electrons. The van der Waals surface area contributed by atoms with Crippen molar-refractivity contribution >= 4 is 38.9 Å². The number of rotatable bonds is 3. The van der Waals surface area contributed by atoms with Crippen LogP contribution in [0.5, 0.6) is 0 Å². The predicted octanol–water partition coefficient (Wildman–Crippen LogP) is 5.09. The van der Waals surface area contributed by atoms with Crippen LogP contribution in [0.4, 0.5) is 5.69 Å². The minimum atomic E-state index is -3.82. The van der Waals surface area contributed by atoms with E-state index in [0.29, 0.717) is 10.7 Å². The summed E-state index contributed by atoms with van der Waals surface area (Å²) in [5.41, 5.74) is 1.24. The van der Waals surface area contributed by atoms with Crippen LogP contribution in [0.3, 0.4) is 0 Å². The van der Waals surface area contributed by atoms with Crippen molar-refractivity contribution in [3.05, 3.63) is 58.1 Å². The Hall–Kier alpha value is -1.23. The minimum Gasteiger partial charge on any atom is -0.279 e. The fourth-order valence-corrected chi connectivity index (χ4v) is 3.95. The van der Waals surface area contributed by atoms with Crippen LogP contribution in [0.1, 0.15) is 26.3 Å². The molecule has 0 fully saturated rings. The molecule has 0 saturated heterocycles. The first kappa shape index (κ1) is 17.1. The standard InChI is InChI=1S/C16H17Cl2NO2S/c1-16(2,3)12-6-4-5-7-14(12)19-22(20,21)15-10-11(17)8-9-13(15)18/h4-10,19H,1-3H3. The molecule has 0 atom stereocenters. The Morgan fingerprint density at radius 2 is 1.64 bits per heavy atom. The summed E-state index contributed by atoms with van der Waals surface area (Å²) in [6, 6.07) is 11.7. The van der Waals surface area contributed by atoms with Crippen molar-refractivity contribution in [3.63, 3.8) is 0 Å². The van der Waals surface area contributed by atoms with Gasteiger partial charge in [0.15, 0.2) is 0 Å². The zero-order valence-electron chi connectivity index (χ0n) is 12.5. The molecule has 22 heavy (non-hydrogen) atoms. The summed E-state index contributed by atoms with van der Waals surface area (Å²) in [4.78, 5) is -0.0367. The van der Waals surface area contributed by atoms with E-state index in [1.165, 1.54) is 12.1 Å². The van der Waals surface area contributed by atoms with Crippen LogP contribution < -0.4 is 4.72 Å². The molecule has 2 rings (SSSR count). The molecule has 6 heteroatoms. The molecule has 0 spiro atoms. The van der Waals surface area contributed by atoms with Crippen LogP contribution in [-0.2, 0) is 15.4 Å². The summed E-state index contributed by atoms with van der Waals surface area (Å²) in [5.74, 6) is 0. The molecule has 0 aromatic heterocycles. The number of para-hydroxylation sites is 1. The van der Waals surface area contributed by atoms with Crippen LogP contribution in [0.2, 0.25) is 10.0 Å². The summed E-state index contributed by atoms with van der Waals surface area (Å²) < 4.78 is 27.8. The van der Waals surface area contributed by atoms with Crippen molar-refractivity contribution in [2.75, 3.05) is 4.72 Å². The molecule has 1 N–H and O–H groups in total. The van der Waals surface area contributed by atoms with Gasteiger partial charge in [-0.25, -0.2) is 8.42 Å². The lowest BCUT2D eigenvalue weighted by Crippen LogP contribution is -2.19. The van der Waals surface area contributed by atoms with Crippen LogP contribution in [0, 0.1) is 0 Å². The van der Waals surface area contributed by atoms with Gasteiger partial charge in [-0.05, 0) is 35.2 Å². The van der Waals surface area contributed by atoms with E-state index in [0.717, 1.165) is 5.56 Å². The monoisotopic (exact) mass is 357 g/mol. The van der Waals surface area contributed by atoms with Gasteiger partial charge in [0.1, 0.15) is 4.90 Å². The van der Waals surface area contributed by atoms with E-state index in [1.807, 2.05) is 32.9 Å². The third kappa shape index (κ3) is 3.75. The van der Waals surface area contributed by atoms with Gasteiger partial charge in [0.25, 0.3) is 10.0 Å². The SMILES string of the molecule is CC(C)(C)c1ccccc1NS(=O)(=O)c1cc(Cl)ccc1Cl. The molecule has 0 saturated carbocycles. The molecule has 0 unspecified atom stereocenters. The highest BCUT2D eigenvalue weighted by molar-refractivity contribution is 7.92. The molecule has 0 aliphatic heterocycles. The van der Waals surface area contributed by atoms with E-state index in [1.54, 1.807) is 18.2 Å². The molecule has 0 aliphatic carbocycles. The minimum absolute atomic E-state index is 0.0367. The molecule has 3 nitrogen and oxygen atoms in total. The van der Waals surface area contributed by atoms with Crippen molar-refractivity contribution in [1.82, 2.24) is 0 Å². The van der Waals surface area contributed by atoms with E-state index in [4.69, 9.17) is 23.2 Å². The molecular formula is C16H17Cl2NO2S. The molecule has 2 aromatic carbocycles. The number of nitrogens with one attached hydrogen (secondary N) is 1. The second-order valence-corrected chi connectivity index (χ2v) is 8.47. The van der Waals surface area contributed by atoms with Crippen LogP contribution in [0.15, 0.2) is 47.4 Å². The maximum atomic E-state index is 12.6. The van der Waals surface area contributed by atoms with Gasteiger partial charge < -0.3 is 0 Å². The number of benzene rings is 2. The van der Waals surface area contributed by atoms with Gasteiger partial charge >= 0.3 is 0 Å². The first-order chi connectivity index (χ1) is 10.1. The van der Waals surface area contributed by atoms with Crippen LogP contribution >= 0.6 is 23.2 Å². The molecule has 2 aromatic rings. The van der Waals surface area contributed by atoms with E-state index in [9.17, 15) is 8.42 Å². The summed E-state index contributed by atoms with van der Waals surface area (Å²) in [7, 11) is -3.82. The summed E-state index contributed by atoms with van der Waals surface area (Å²) in [5, 5.41) is 0.444. The fraction of sp³-hybridized carbons (Fsp3) is 0.250. The zero-order chi connectivity index (χ0) is 16.5. The highest BCUT2D eigenvalue weighted by Gasteiger charge is 2.23. The lowest BCUT2D eigenvalue weighted by atomic mass is 9.86. The normalized spacial score (nSPS) is 12.2. The summed E-state index contributed by atoms with van der Waals surface area (Å²) in [6.07, 6.45) is 0. The molecule has 0 aliphatic rings. The Morgan fingerprint density at radius 1 is 1.00 bits per heavy atom. The van der Waals surface area contributed by atoms with E-state index in [-0.39, 0.29) is 15.3 Å². The molecular weight excluding hydrogens is 341 g/mol. The predicted molar refractivity (Wildman–Crippen MR) is 92.4 cm³/mol. The molecule has 0 heterocycles. The largest absolute Gasteiger partial charge is 0.279 e. The number of sulfonamides is 1. The highest BCUT2D eigenvalue weighted by atomic mass is 35.5. The Morgan fingerprint density at radius 3 is 2.27 bits per heavy atom. The number of anilines is 1. The molecule has 0 amide bonds. The number of hydrogen-bond acceptors (Lipinski definition) is 2. The van der Waals surface area contributed by atoms with E-state index >= 15 is 0 Å². The van der Waals surface area contributed by atoms with Crippen molar-refractivity contribution in [1.29, 1.82) is 0 Å². The molecule has 0 radical (unpaired) electrons.